The summed E-state index contributed by atoms with van der Waals surface area (Å²) in [7, 11) is 1.43. The third kappa shape index (κ3) is 6.31. The fourth-order valence-corrected chi connectivity index (χ4v) is 2.15. The average Bonchev–Trinajstić information content (AvgIpc) is 2.41. The standard InChI is InChI=1S/C8H16NO.C5H9NO4/c1-7(2)5-6-8(3,4)9(7)10;1-6(2-4(7)8)3-5(9)10/h5-6H2,1-4H3;2-3H2,1H3,(H,7,8)(H,9,10). The molecule has 0 aliphatic carbocycles. The Morgan fingerprint density at radius 2 is 1.30 bits per heavy atom. The van der Waals surface area contributed by atoms with Crippen LogP contribution in [0.1, 0.15) is 40.5 Å². The molecule has 1 radical (unpaired) electrons. The maximum atomic E-state index is 11.5. The van der Waals surface area contributed by atoms with Crippen LogP contribution < -0.4 is 0 Å². The number of nitrogens with zero attached hydrogens (tertiary/aromatic N) is 2. The molecular formula is C13H25N2O5. The Morgan fingerprint density at radius 3 is 1.45 bits per heavy atom. The van der Waals surface area contributed by atoms with Gasteiger partial charge in [0.25, 0.3) is 0 Å². The van der Waals surface area contributed by atoms with Gasteiger partial charge in [-0.2, -0.15) is 0 Å². The fourth-order valence-electron chi connectivity index (χ4n) is 2.15. The Kier molecular flexibility index (Phi) is 6.60. The first-order chi connectivity index (χ1) is 8.88. The minimum Gasteiger partial charge on any atom is -0.480 e. The number of hydroxylamine groups is 2. The molecule has 1 fully saturated rings. The van der Waals surface area contributed by atoms with Gasteiger partial charge in [0, 0.05) is 11.1 Å². The molecule has 20 heavy (non-hydrogen) atoms. The van der Waals surface area contributed by atoms with Crippen LogP contribution in [0.15, 0.2) is 0 Å². The molecule has 117 valence electrons. The van der Waals surface area contributed by atoms with E-state index in [4.69, 9.17) is 10.2 Å². The SMILES string of the molecule is CC1(C)CCC(C)(C)N1[O].CN(CC(=O)O)CC(=O)O. The zero-order chi connectivity index (χ0) is 16.1. The second kappa shape index (κ2) is 7.01. The molecule has 0 aromatic heterocycles. The summed E-state index contributed by atoms with van der Waals surface area (Å²) in [6.45, 7) is 7.55. The van der Waals surface area contributed by atoms with E-state index in [2.05, 4.69) is 0 Å². The van der Waals surface area contributed by atoms with Crippen LogP contribution in [0.25, 0.3) is 0 Å². The molecule has 7 nitrogen and oxygen atoms in total. The van der Waals surface area contributed by atoms with Gasteiger partial charge in [0.15, 0.2) is 0 Å². The van der Waals surface area contributed by atoms with Crippen molar-refractivity contribution in [1.82, 2.24) is 9.96 Å². The summed E-state index contributed by atoms with van der Waals surface area (Å²) in [5, 5.41) is 29.0. The van der Waals surface area contributed by atoms with E-state index in [1.807, 2.05) is 27.7 Å². The van der Waals surface area contributed by atoms with Crippen LogP contribution in [0.4, 0.5) is 0 Å². The van der Waals surface area contributed by atoms with Crippen LogP contribution in [-0.2, 0) is 14.8 Å². The summed E-state index contributed by atoms with van der Waals surface area (Å²) < 4.78 is 0. The maximum absolute atomic E-state index is 11.5. The van der Waals surface area contributed by atoms with E-state index in [9.17, 15) is 14.8 Å². The number of carbonyl (C=O) groups is 2. The van der Waals surface area contributed by atoms with E-state index < -0.39 is 11.9 Å². The Bertz CT molecular complexity index is 323. The van der Waals surface area contributed by atoms with Gasteiger partial charge in [0.05, 0.1) is 13.1 Å². The number of aliphatic carboxylic acids is 2. The van der Waals surface area contributed by atoms with Gasteiger partial charge in [-0.1, -0.05) is 0 Å². The number of carboxylic acid groups (broad SMARTS) is 2. The summed E-state index contributed by atoms with van der Waals surface area (Å²) >= 11 is 0. The fraction of sp³-hybridized carbons (Fsp3) is 0.846. The topological polar surface area (TPSA) is 101 Å². The average molecular weight is 289 g/mol. The smallest absolute Gasteiger partial charge is 0.317 e. The third-order valence-electron chi connectivity index (χ3n) is 3.26. The lowest BCUT2D eigenvalue weighted by molar-refractivity contribution is -0.244. The van der Waals surface area contributed by atoms with Crippen LogP contribution in [0, 0.1) is 0 Å². The Balaban J connectivity index is 0.000000361. The highest BCUT2D eigenvalue weighted by atomic mass is 16.5. The first-order valence-electron chi connectivity index (χ1n) is 6.48. The normalized spacial score (nSPS) is 20.4. The summed E-state index contributed by atoms with van der Waals surface area (Å²) in [5.41, 5.74) is -0.271. The highest BCUT2D eigenvalue weighted by molar-refractivity contribution is 5.72. The van der Waals surface area contributed by atoms with Crippen LogP contribution in [0.3, 0.4) is 0 Å². The second-order valence-corrected chi connectivity index (χ2v) is 6.38. The van der Waals surface area contributed by atoms with Gasteiger partial charge >= 0.3 is 11.9 Å². The van der Waals surface area contributed by atoms with Crippen molar-refractivity contribution in [2.45, 2.75) is 51.6 Å². The summed E-state index contributed by atoms with van der Waals surface area (Å²) in [6.07, 6.45) is 2.03. The molecule has 0 bridgehead atoms. The minimum absolute atomic E-state index is 0.135. The van der Waals surface area contributed by atoms with Crippen LogP contribution >= 0.6 is 0 Å². The van der Waals surface area contributed by atoms with Crippen LogP contribution in [0.5, 0.6) is 0 Å². The number of hydrogen-bond donors (Lipinski definition) is 2. The molecule has 0 amide bonds. The molecule has 0 unspecified atom stereocenters. The van der Waals surface area contributed by atoms with Crippen molar-refractivity contribution in [2.75, 3.05) is 20.1 Å². The van der Waals surface area contributed by atoms with Gasteiger partial charge in [-0.3, -0.25) is 14.5 Å². The van der Waals surface area contributed by atoms with Crippen molar-refractivity contribution in [3.63, 3.8) is 0 Å². The van der Waals surface area contributed by atoms with Gasteiger partial charge in [-0.05, 0) is 47.6 Å². The Morgan fingerprint density at radius 1 is 1.00 bits per heavy atom. The van der Waals surface area contributed by atoms with Crippen molar-refractivity contribution in [3.05, 3.63) is 0 Å². The second-order valence-electron chi connectivity index (χ2n) is 6.38. The number of likely N-dealkylation sites (N-methyl/N-ethyl adjacent to an activating group) is 1. The molecule has 0 aromatic carbocycles. The van der Waals surface area contributed by atoms with Crippen molar-refractivity contribution in [3.8, 4) is 0 Å². The van der Waals surface area contributed by atoms with Gasteiger partial charge in [-0.15, -0.1) is 10.3 Å². The summed E-state index contributed by atoms with van der Waals surface area (Å²) in [5.74, 6) is -2.05. The molecule has 1 rings (SSSR count). The lowest BCUT2D eigenvalue weighted by atomic mass is 10.0. The van der Waals surface area contributed by atoms with Crippen LogP contribution in [-0.4, -0.2) is 63.3 Å². The number of carboxylic acids is 2. The highest BCUT2D eigenvalue weighted by Gasteiger charge is 2.45. The first kappa shape index (κ1) is 18.8. The largest absolute Gasteiger partial charge is 0.480 e. The lowest BCUT2D eigenvalue weighted by Gasteiger charge is -2.31. The van der Waals surface area contributed by atoms with Gasteiger partial charge < -0.3 is 10.2 Å². The summed E-state index contributed by atoms with van der Waals surface area (Å²) in [4.78, 5) is 21.1. The first-order valence-corrected chi connectivity index (χ1v) is 6.48. The van der Waals surface area contributed by atoms with Crippen molar-refractivity contribution < 1.29 is 25.0 Å². The minimum atomic E-state index is -1.02. The maximum Gasteiger partial charge on any atom is 0.317 e. The van der Waals surface area contributed by atoms with Crippen molar-refractivity contribution >= 4 is 11.9 Å². The molecule has 1 aliphatic rings. The Labute approximate surface area is 119 Å². The van der Waals surface area contributed by atoms with Crippen LogP contribution in [0.2, 0.25) is 0 Å². The molecule has 1 saturated heterocycles. The molecule has 1 heterocycles. The number of hydrogen-bond acceptors (Lipinski definition) is 4. The van der Waals surface area contributed by atoms with E-state index in [1.54, 1.807) is 0 Å². The zero-order valence-electron chi connectivity index (χ0n) is 12.8. The zero-order valence-corrected chi connectivity index (χ0v) is 12.8. The van der Waals surface area contributed by atoms with Gasteiger partial charge in [0.2, 0.25) is 0 Å². The Hall–Kier alpha value is -1.18. The molecule has 0 saturated carbocycles. The quantitative estimate of drug-likeness (QED) is 0.803. The van der Waals surface area contributed by atoms with E-state index in [1.165, 1.54) is 17.0 Å². The molecule has 0 atom stereocenters. The van der Waals surface area contributed by atoms with E-state index in [-0.39, 0.29) is 24.2 Å². The lowest BCUT2D eigenvalue weighted by Crippen LogP contribution is -2.44. The number of rotatable bonds is 4. The van der Waals surface area contributed by atoms with Gasteiger partial charge in [-0.25, -0.2) is 0 Å². The predicted molar refractivity (Wildman–Crippen MR) is 72.7 cm³/mol. The van der Waals surface area contributed by atoms with Gasteiger partial charge in [0.1, 0.15) is 0 Å². The molecule has 2 N–H and O–H groups in total. The third-order valence-corrected chi connectivity index (χ3v) is 3.26. The van der Waals surface area contributed by atoms with Crippen molar-refractivity contribution in [2.24, 2.45) is 0 Å². The van der Waals surface area contributed by atoms with E-state index >= 15 is 0 Å². The molecule has 0 spiro atoms. The monoisotopic (exact) mass is 289 g/mol. The van der Waals surface area contributed by atoms with E-state index in [0.717, 1.165) is 12.8 Å². The predicted octanol–water partition coefficient (Wildman–Crippen LogP) is 1.07. The van der Waals surface area contributed by atoms with E-state index in [0.29, 0.717) is 0 Å². The molecule has 7 heteroatoms. The molecular weight excluding hydrogens is 264 g/mol. The summed E-state index contributed by atoms with van der Waals surface area (Å²) in [6, 6.07) is 0. The molecule has 1 aliphatic heterocycles. The van der Waals surface area contributed by atoms with Crippen molar-refractivity contribution in [1.29, 1.82) is 0 Å². The highest BCUT2D eigenvalue weighted by Crippen LogP contribution is 2.38. The molecule has 0 aromatic rings.